The number of allylic oxidation sites excluding steroid dienone is 1. The molecule has 0 heterocycles. The number of aryl methyl sites for hydroxylation is 3. The average Bonchev–Trinajstić information content (AvgIpc) is 2.14. The van der Waals surface area contributed by atoms with Gasteiger partial charge in [0, 0.05) is 0 Å². The van der Waals surface area contributed by atoms with Crippen molar-refractivity contribution in [2.45, 2.75) is 46.5 Å². The highest BCUT2D eigenvalue weighted by atomic mass is 14.2. The number of rotatable bonds is 4. The summed E-state index contributed by atoms with van der Waals surface area (Å²) in [6.07, 6.45) is 4.31. The van der Waals surface area contributed by atoms with Crippen molar-refractivity contribution in [1.82, 2.24) is 0 Å². The van der Waals surface area contributed by atoms with Crippen LogP contribution in [0.25, 0.3) is 0 Å². The molecular formula is C15H22. The standard InChI is InChI=1S/C15H22/c1-6-8-14(7-2)15-12(4)9-11(3)10-13(15)5/h6,9-10,14H,1,7-8H2,2-5H3. The molecule has 15 heavy (non-hydrogen) atoms. The number of benzene rings is 1. The summed E-state index contributed by atoms with van der Waals surface area (Å²) in [4.78, 5) is 0. The van der Waals surface area contributed by atoms with Gasteiger partial charge in [0.15, 0.2) is 0 Å². The summed E-state index contributed by atoms with van der Waals surface area (Å²) in [6.45, 7) is 12.7. The lowest BCUT2D eigenvalue weighted by atomic mass is 9.86. The van der Waals surface area contributed by atoms with Crippen LogP contribution in [0.5, 0.6) is 0 Å². The molecule has 82 valence electrons. The minimum Gasteiger partial charge on any atom is -0.103 e. The lowest BCUT2D eigenvalue weighted by molar-refractivity contribution is 0.666. The fraction of sp³-hybridized carbons (Fsp3) is 0.467. The molecule has 0 fully saturated rings. The lowest BCUT2D eigenvalue weighted by Crippen LogP contribution is -2.02. The van der Waals surface area contributed by atoms with Crippen LogP contribution in [0.2, 0.25) is 0 Å². The van der Waals surface area contributed by atoms with Crippen LogP contribution in [0.3, 0.4) is 0 Å². The number of hydrogen-bond donors (Lipinski definition) is 0. The zero-order valence-electron chi connectivity index (χ0n) is 10.4. The molecule has 0 aliphatic heterocycles. The van der Waals surface area contributed by atoms with Crippen molar-refractivity contribution >= 4 is 0 Å². The molecule has 0 bridgehead atoms. The minimum atomic E-state index is 0.642. The summed E-state index contributed by atoms with van der Waals surface area (Å²) in [5, 5.41) is 0. The molecule has 0 N–H and O–H groups in total. The maximum Gasteiger partial charge on any atom is -0.0125 e. The monoisotopic (exact) mass is 202 g/mol. The van der Waals surface area contributed by atoms with Gasteiger partial charge in [0.05, 0.1) is 0 Å². The quantitative estimate of drug-likeness (QED) is 0.622. The van der Waals surface area contributed by atoms with E-state index in [0.29, 0.717) is 5.92 Å². The predicted octanol–water partition coefficient (Wildman–Crippen LogP) is 4.68. The molecule has 0 aromatic heterocycles. The van der Waals surface area contributed by atoms with Gasteiger partial charge in [0.1, 0.15) is 0 Å². The van der Waals surface area contributed by atoms with E-state index < -0.39 is 0 Å². The molecule has 0 saturated carbocycles. The topological polar surface area (TPSA) is 0 Å². The van der Waals surface area contributed by atoms with Crippen LogP contribution in [-0.2, 0) is 0 Å². The zero-order valence-corrected chi connectivity index (χ0v) is 10.4. The van der Waals surface area contributed by atoms with Crippen LogP contribution in [0, 0.1) is 20.8 Å². The molecule has 0 amide bonds. The Labute approximate surface area is 94.0 Å². The highest BCUT2D eigenvalue weighted by Crippen LogP contribution is 2.30. The maximum absolute atomic E-state index is 3.85. The van der Waals surface area contributed by atoms with Crippen molar-refractivity contribution in [3.63, 3.8) is 0 Å². The Hall–Kier alpha value is -1.04. The van der Waals surface area contributed by atoms with Gasteiger partial charge >= 0.3 is 0 Å². The first kappa shape index (κ1) is 12.0. The molecule has 0 heteroatoms. The van der Waals surface area contributed by atoms with E-state index in [1.54, 1.807) is 0 Å². The summed E-state index contributed by atoms with van der Waals surface area (Å²) in [6, 6.07) is 4.57. The van der Waals surface area contributed by atoms with Crippen LogP contribution < -0.4 is 0 Å². The molecule has 1 aromatic carbocycles. The molecule has 0 radical (unpaired) electrons. The molecule has 1 aromatic rings. The number of hydrogen-bond acceptors (Lipinski definition) is 0. The van der Waals surface area contributed by atoms with E-state index in [9.17, 15) is 0 Å². The van der Waals surface area contributed by atoms with Crippen LogP contribution in [0.4, 0.5) is 0 Å². The molecule has 0 saturated heterocycles. The Bertz CT molecular complexity index is 324. The molecule has 1 atom stereocenters. The third-order valence-corrected chi connectivity index (χ3v) is 3.09. The minimum absolute atomic E-state index is 0.642. The molecule has 1 rings (SSSR count). The Balaban J connectivity index is 3.16. The smallest absolute Gasteiger partial charge is 0.0125 e. The molecule has 0 aliphatic rings. The fourth-order valence-electron chi connectivity index (χ4n) is 2.52. The second-order valence-corrected chi connectivity index (χ2v) is 4.44. The summed E-state index contributed by atoms with van der Waals surface area (Å²) in [5.41, 5.74) is 5.76. The average molecular weight is 202 g/mol. The van der Waals surface area contributed by atoms with Crippen LogP contribution >= 0.6 is 0 Å². The van der Waals surface area contributed by atoms with Crippen molar-refractivity contribution in [3.8, 4) is 0 Å². The van der Waals surface area contributed by atoms with Gasteiger partial charge in [0.2, 0.25) is 0 Å². The van der Waals surface area contributed by atoms with Gasteiger partial charge in [-0.3, -0.25) is 0 Å². The normalized spacial score (nSPS) is 12.5. The van der Waals surface area contributed by atoms with E-state index in [-0.39, 0.29) is 0 Å². The Kier molecular flexibility index (Phi) is 4.14. The molecule has 1 unspecified atom stereocenters. The van der Waals surface area contributed by atoms with Crippen molar-refractivity contribution in [2.24, 2.45) is 0 Å². The van der Waals surface area contributed by atoms with Crippen LogP contribution in [0.1, 0.15) is 47.9 Å². The Morgan fingerprint density at radius 1 is 1.20 bits per heavy atom. The van der Waals surface area contributed by atoms with E-state index in [2.05, 4.69) is 46.4 Å². The van der Waals surface area contributed by atoms with Crippen molar-refractivity contribution in [3.05, 3.63) is 47.0 Å². The SMILES string of the molecule is C=CCC(CC)c1c(C)cc(C)cc1C. The van der Waals surface area contributed by atoms with Crippen molar-refractivity contribution in [1.29, 1.82) is 0 Å². The Morgan fingerprint density at radius 2 is 1.73 bits per heavy atom. The fourth-order valence-corrected chi connectivity index (χ4v) is 2.52. The maximum atomic E-state index is 3.85. The third kappa shape index (κ3) is 2.71. The van der Waals surface area contributed by atoms with Gasteiger partial charge < -0.3 is 0 Å². The second kappa shape index (κ2) is 5.16. The predicted molar refractivity (Wildman–Crippen MR) is 68.5 cm³/mol. The van der Waals surface area contributed by atoms with Gasteiger partial charge in [-0.15, -0.1) is 6.58 Å². The van der Waals surface area contributed by atoms with Gasteiger partial charge in [-0.1, -0.05) is 30.7 Å². The highest BCUT2D eigenvalue weighted by molar-refractivity contribution is 5.40. The van der Waals surface area contributed by atoms with Crippen molar-refractivity contribution in [2.75, 3.05) is 0 Å². The van der Waals surface area contributed by atoms with E-state index in [4.69, 9.17) is 0 Å². The lowest BCUT2D eigenvalue weighted by Gasteiger charge is -2.19. The highest BCUT2D eigenvalue weighted by Gasteiger charge is 2.13. The molecule has 0 aliphatic carbocycles. The van der Waals surface area contributed by atoms with E-state index in [1.807, 2.05) is 6.08 Å². The zero-order chi connectivity index (χ0) is 11.4. The van der Waals surface area contributed by atoms with Gasteiger partial charge in [-0.25, -0.2) is 0 Å². The molecule has 0 nitrogen and oxygen atoms in total. The van der Waals surface area contributed by atoms with Gasteiger partial charge in [-0.05, 0) is 56.2 Å². The first-order chi connectivity index (χ1) is 7.10. The molecular weight excluding hydrogens is 180 g/mol. The van der Waals surface area contributed by atoms with Gasteiger partial charge in [0.25, 0.3) is 0 Å². The Morgan fingerprint density at radius 3 is 2.13 bits per heavy atom. The van der Waals surface area contributed by atoms with Gasteiger partial charge in [-0.2, -0.15) is 0 Å². The third-order valence-electron chi connectivity index (χ3n) is 3.09. The largest absolute Gasteiger partial charge is 0.103 e. The summed E-state index contributed by atoms with van der Waals surface area (Å²) in [5.74, 6) is 0.642. The molecule has 0 spiro atoms. The van der Waals surface area contributed by atoms with Crippen molar-refractivity contribution < 1.29 is 0 Å². The first-order valence-electron chi connectivity index (χ1n) is 5.78. The summed E-state index contributed by atoms with van der Waals surface area (Å²) in [7, 11) is 0. The summed E-state index contributed by atoms with van der Waals surface area (Å²) >= 11 is 0. The van der Waals surface area contributed by atoms with Crippen LogP contribution in [0.15, 0.2) is 24.8 Å². The van der Waals surface area contributed by atoms with E-state index >= 15 is 0 Å². The van der Waals surface area contributed by atoms with E-state index in [1.165, 1.54) is 28.7 Å². The second-order valence-electron chi connectivity index (χ2n) is 4.44. The van der Waals surface area contributed by atoms with Crippen LogP contribution in [-0.4, -0.2) is 0 Å². The first-order valence-corrected chi connectivity index (χ1v) is 5.78. The van der Waals surface area contributed by atoms with E-state index in [0.717, 1.165) is 6.42 Å². The summed E-state index contributed by atoms with van der Waals surface area (Å²) < 4.78 is 0.